The van der Waals surface area contributed by atoms with E-state index in [1.54, 1.807) is 66.9 Å². The summed E-state index contributed by atoms with van der Waals surface area (Å²) in [6.45, 7) is -0.0612. The van der Waals surface area contributed by atoms with E-state index in [4.69, 9.17) is 0 Å². The second-order valence-electron chi connectivity index (χ2n) is 5.85. The summed E-state index contributed by atoms with van der Waals surface area (Å²) >= 11 is 3.33. The molecule has 1 aromatic heterocycles. The molecular formula is C20H17BrN2O3S. The first-order valence-corrected chi connectivity index (χ1v) is 10.5. The summed E-state index contributed by atoms with van der Waals surface area (Å²) in [7, 11) is -3.70. The van der Waals surface area contributed by atoms with E-state index in [9.17, 15) is 13.2 Å². The number of benzene rings is 2. The van der Waals surface area contributed by atoms with Crippen molar-refractivity contribution in [1.29, 1.82) is 0 Å². The van der Waals surface area contributed by atoms with Crippen LogP contribution in [0, 0.1) is 0 Å². The van der Waals surface area contributed by atoms with E-state index < -0.39 is 15.1 Å². The standard InChI is InChI=1S/C20H17BrN2O3S/c21-17-8-4-6-15(12-17)20(24)23-14-19(16-7-5-11-22-13-16)27(25,26)18-9-2-1-3-10-18/h1-13,19H,14H2,(H,23,24). The monoisotopic (exact) mass is 444 g/mol. The SMILES string of the molecule is O=C(NCC(c1cccnc1)S(=O)(=O)c1ccccc1)c1cccc(Br)c1. The second-order valence-corrected chi connectivity index (χ2v) is 8.90. The number of nitrogens with zero attached hydrogens (tertiary/aromatic N) is 1. The molecule has 27 heavy (non-hydrogen) atoms. The van der Waals surface area contributed by atoms with E-state index in [1.807, 2.05) is 6.07 Å². The van der Waals surface area contributed by atoms with Gasteiger partial charge in [0, 0.05) is 29.0 Å². The van der Waals surface area contributed by atoms with Gasteiger partial charge in [0.1, 0.15) is 5.25 Å². The second kappa shape index (κ2) is 8.45. The number of carbonyl (C=O) groups excluding carboxylic acids is 1. The number of rotatable bonds is 6. The normalized spacial score (nSPS) is 12.3. The maximum atomic E-state index is 13.1. The number of sulfone groups is 1. The van der Waals surface area contributed by atoms with Crippen molar-refractivity contribution in [3.8, 4) is 0 Å². The molecule has 5 nitrogen and oxygen atoms in total. The Morgan fingerprint density at radius 3 is 2.48 bits per heavy atom. The third-order valence-electron chi connectivity index (χ3n) is 4.04. The molecule has 1 atom stereocenters. The van der Waals surface area contributed by atoms with Crippen LogP contribution in [0.5, 0.6) is 0 Å². The van der Waals surface area contributed by atoms with Crippen LogP contribution >= 0.6 is 15.9 Å². The number of nitrogens with one attached hydrogen (secondary N) is 1. The van der Waals surface area contributed by atoms with Gasteiger partial charge in [0.15, 0.2) is 9.84 Å². The molecule has 0 aliphatic carbocycles. The molecule has 3 aromatic rings. The van der Waals surface area contributed by atoms with Gasteiger partial charge in [-0.15, -0.1) is 0 Å². The first kappa shape index (κ1) is 19.3. The van der Waals surface area contributed by atoms with E-state index in [1.165, 1.54) is 6.20 Å². The molecule has 0 fully saturated rings. The summed E-state index contributed by atoms with van der Waals surface area (Å²) in [6.07, 6.45) is 3.09. The van der Waals surface area contributed by atoms with Crippen LogP contribution in [-0.4, -0.2) is 25.9 Å². The number of pyridine rings is 1. The molecule has 7 heteroatoms. The largest absolute Gasteiger partial charge is 0.350 e. The van der Waals surface area contributed by atoms with E-state index in [-0.39, 0.29) is 17.3 Å². The van der Waals surface area contributed by atoms with Crippen LogP contribution in [-0.2, 0) is 9.84 Å². The summed E-state index contributed by atoms with van der Waals surface area (Å²) in [4.78, 5) is 16.7. The summed E-state index contributed by atoms with van der Waals surface area (Å²) in [6, 6.07) is 18.5. The molecule has 1 N–H and O–H groups in total. The van der Waals surface area contributed by atoms with E-state index in [0.29, 0.717) is 11.1 Å². The quantitative estimate of drug-likeness (QED) is 0.627. The fraction of sp³-hybridized carbons (Fsp3) is 0.100. The van der Waals surface area contributed by atoms with E-state index >= 15 is 0 Å². The Hall–Kier alpha value is -2.51. The van der Waals surface area contributed by atoms with Crippen LogP contribution in [0.25, 0.3) is 0 Å². The molecule has 0 aliphatic heterocycles. The molecule has 1 heterocycles. The van der Waals surface area contributed by atoms with Crippen LogP contribution in [0.2, 0.25) is 0 Å². The van der Waals surface area contributed by atoms with Crippen LogP contribution in [0.3, 0.4) is 0 Å². The van der Waals surface area contributed by atoms with Gasteiger partial charge in [0.05, 0.1) is 4.90 Å². The molecule has 2 aromatic carbocycles. The Morgan fingerprint density at radius 1 is 1.04 bits per heavy atom. The topological polar surface area (TPSA) is 76.1 Å². The fourth-order valence-corrected chi connectivity index (χ4v) is 4.73. The van der Waals surface area contributed by atoms with Gasteiger partial charge in [0.2, 0.25) is 0 Å². The van der Waals surface area contributed by atoms with Crippen molar-refractivity contribution in [2.75, 3.05) is 6.54 Å². The van der Waals surface area contributed by atoms with Gasteiger partial charge in [-0.25, -0.2) is 8.42 Å². The van der Waals surface area contributed by atoms with Gasteiger partial charge in [-0.3, -0.25) is 9.78 Å². The molecule has 0 spiro atoms. The fourth-order valence-electron chi connectivity index (χ4n) is 2.66. The Morgan fingerprint density at radius 2 is 1.81 bits per heavy atom. The Kier molecular flexibility index (Phi) is 6.03. The lowest BCUT2D eigenvalue weighted by Crippen LogP contribution is -2.32. The van der Waals surface area contributed by atoms with Crippen molar-refractivity contribution in [2.45, 2.75) is 10.1 Å². The van der Waals surface area contributed by atoms with E-state index in [0.717, 1.165) is 4.47 Å². The first-order valence-electron chi connectivity index (χ1n) is 8.21. The van der Waals surface area contributed by atoms with Crippen molar-refractivity contribution < 1.29 is 13.2 Å². The zero-order valence-electron chi connectivity index (χ0n) is 14.2. The van der Waals surface area contributed by atoms with Gasteiger partial charge in [0.25, 0.3) is 5.91 Å². The molecule has 0 saturated carbocycles. The summed E-state index contributed by atoms with van der Waals surface area (Å²) in [5, 5.41) is 1.79. The maximum absolute atomic E-state index is 13.1. The number of amides is 1. The minimum Gasteiger partial charge on any atom is -0.350 e. The molecule has 1 unspecified atom stereocenters. The maximum Gasteiger partial charge on any atom is 0.251 e. The number of hydrogen-bond acceptors (Lipinski definition) is 4. The summed E-state index contributed by atoms with van der Waals surface area (Å²) in [5.74, 6) is -0.339. The average Bonchev–Trinajstić information content (AvgIpc) is 2.69. The minimum absolute atomic E-state index is 0.0612. The zero-order chi connectivity index (χ0) is 19.3. The lowest BCUT2D eigenvalue weighted by Gasteiger charge is -2.19. The van der Waals surface area contributed by atoms with E-state index in [2.05, 4.69) is 26.2 Å². The molecule has 0 radical (unpaired) electrons. The molecule has 138 valence electrons. The van der Waals surface area contributed by atoms with Gasteiger partial charge in [-0.1, -0.05) is 46.3 Å². The Bertz CT molecular complexity index is 1030. The average molecular weight is 445 g/mol. The first-order chi connectivity index (χ1) is 13.0. The highest BCUT2D eigenvalue weighted by Gasteiger charge is 2.29. The Balaban J connectivity index is 1.89. The number of aromatic nitrogens is 1. The highest BCUT2D eigenvalue weighted by molar-refractivity contribution is 9.10. The van der Waals surface area contributed by atoms with Crippen LogP contribution in [0.15, 0.2) is 88.5 Å². The van der Waals surface area contributed by atoms with Crippen molar-refractivity contribution in [3.05, 3.63) is 94.7 Å². The van der Waals surface area contributed by atoms with Crippen molar-refractivity contribution in [3.63, 3.8) is 0 Å². The molecular weight excluding hydrogens is 428 g/mol. The lowest BCUT2D eigenvalue weighted by atomic mass is 10.2. The van der Waals surface area contributed by atoms with Crippen molar-refractivity contribution in [1.82, 2.24) is 10.3 Å². The van der Waals surface area contributed by atoms with Gasteiger partial charge in [-0.05, 0) is 42.0 Å². The van der Waals surface area contributed by atoms with Crippen molar-refractivity contribution >= 4 is 31.7 Å². The van der Waals surface area contributed by atoms with Crippen molar-refractivity contribution in [2.24, 2.45) is 0 Å². The summed E-state index contributed by atoms with van der Waals surface area (Å²) in [5.41, 5.74) is 0.974. The van der Waals surface area contributed by atoms with Gasteiger partial charge < -0.3 is 5.32 Å². The highest BCUT2D eigenvalue weighted by Crippen LogP contribution is 2.28. The highest BCUT2D eigenvalue weighted by atomic mass is 79.9. The molecule has 0 bridgehead atoms. The van der Waals surface area contributed by atoms with Crippen LogP contribution in [0.4, 0.5) is 0 Å². The third kappa shape index (κ3) is 4.61. The molecule has 0 saturated heterocycles. The Labute approximate surface area is 166 Å². The smallest absolute Gasteiger partial charge is 0.251 e. The molecule has 0 aliphatic rings. The minimum atomic E-state index is -3.70. The van der Waals surface area contributed by atoms with Gasteiger partial charge in [-0.2, -0.15) is 0 Å². The predicted octanol–water partition coefficient (Wildman–Crippen LogP) is 3.79. The zero-order valence-corrected chi connectivity index (χ0v) is 16.7. The summed E-state index contributed by atoms with van der Waals surface area (Å²) < 4.78 is 27.1. The number of hydrogen-bond donors (Lipinski definition) is 1. The predicted molar refractivity (Wildman–Crippen MR) is 107 cm³/mol. The molecule has 1 amide bonds. The van der Waals surface area contributed by atoms with Crippen LogP contribution in [0.1, 0.15) is 21.2 Å². The number of halogens is 1. The van der Waals surface area contributed by atoms with Gasteiger partial charge >= 0.3 is 0 Å². The van der Waals surface area contributed by atoms with Crippen LogP contribution < -0.4 is 5.32 Å². The third-order valence-corrected chi connectivity index (χ3v) is 6.65. The molecule has 3 rings (SSSR count). The number of carbonyl (C=O) groups is 1. The lowest BCUT2D eigenvalue weighted by molar-refractivity contribution is 0.0953.